The minimum Gasteiger partial charge on any atom is -0.417 e. The maximum Gasteiger partial charge on any atom is 0.483 e. The first-order chi connectivity index (χ1) is 9.68. The van der Waals surface area contributed by atoms with Gasteiger partial charge in [0, 0.05) is 20.8 Å². The fourth-order valence-electron chi connectivity index (χ4n) is 0.689. The third-order valence-electron chi connectivity index (χ3n) is 1.33. The quantitative estimate of drug-likeness (QED) is 0.279. The van der Waals surface area contributed by atoms with E-state index in [1.54, 1.807) is 20.8 Å². The maximum absolute atomic E-state index is 12.1. The van der Waals surface area contributed by atoms with Gasteiger partial charge < -0.3 is 14.2 Å². The van der Waals surface area contributed by atoms with Gasteiger partial charge in [0.05, 0.1) is 0 Å². The molecular weight excluding hydrogens is 287 g/mol. The van der Waals surface area contributed by atoms with Gasteiger partial charge in [-0.1, -0.05) is 17.8 Å². The van der Waals surface area contributed by atoms with Crippen LogP contribution in [0.3, 0.4) is 0 Å². The van der Waals surface area contributed by atoms with Gasteiger partial charge in [-0.15, -0.1) is 0 Å². The largest absolute Gasteiger partial charge is 0.483 e. The number of phosphoric acid groups is 1. The highest BCUT2D eigenvalue weighted by Crippen LogP contribution is 2.49. The number of hydrogen-bond acceptors (Lipinski definition) is 7. The summed E-state index contributed by atoms with van der Waals surface area (Å²) in [7, 11) is -3.92. The fourth-order valence-corrected chi connectivity index (χ4v) is 1.46. The predicted octanol–water partition coefficient (Wildman–Crippen LogP) is 2.01. The predicted molar refractivity (Wildman–Crippen MR) is 69.1 cm³/mol. The van der Waals surface area contributed by atoms with Gasteiger partial charge in [-0.05, 0) is 0 Å². The molecule has 0 rings (SSSR count). The van der Waals surface area contributed by atoms with Crippen molar-refractivity contribution in [3.05, 3.63) is 0 Å². The van der Waals surface area contributed by atoms with Gasteiger partial charge in [0.15, 0.2) is 0 Å². The molecule has 0 heterocycles. The first-order valence-corrected chi connectivity index (χ1v) is 6.79. The van der Waals surface area contributed by atoms with Crippen molar-refractivity contribution in [1.29, 1.82) is 0 Å². The van der Waals surface area contributed by atoms with Gasteiger partial charge in [-0.25, -0.2) is 18.1 Å². The summed E-state index contributed by atoms with van der Waals surface area (Å²) in [6.45, 7) is 3.49. The summed E-state index contributed by atoms with van der Waals surface area (Å²) in [5, 5.41) is 0. The second-order valence-corrected chi connectivity index (χ2v) is 4.35. The molecule has 0 fully saturated rings. The second kappa shape index (κ2) is 12.2. The topological polar surface area (TPSA) is 72.5 Å². The van der Waals surface area contributed by atoms with E-state index in [4.69, 9.17) is 13.6 Å². The molecule has 0 aliphatic carbocycles. The molecule has 0 aliphatic heterocycles. The van der Waals surface area contributed by atoms with E-state index in [9.17, 15) is 4.57 Å². The van der Waals surface area contributed by atoms with Crippen molar-refractivity contribution in [2.75, 3.05) is 20.4 Å². The monoisotopic (exact) mass is 302 g/mol. The van der Waals surface area contributed by atoms with Crippen molar-refractivity contribution >= 4 is 7.82 Å². The molecule has 0 N–H and O–H groups in total. The summed E-state index contributed by atoms with van der Waals surface area (Å²) in [6, 6.07) is 0. The van der Waals surface area contributed by atoms with Crippen molar-refractivity contribution in [3.8, 4) is 36.1 Å². The SMILES string of the molecule is CC#COCOP(=O)(OCOC#CC)OCOC#CC. The van der Waals surface area contributed by atoms with Gasteiger partial charge in [0.25, 0.3) is 0 Å². The Labute approximate surface area is 118 Å². The Morgan fingerprint density at radius 3 is 1.25 bits per heavy atom. The number of ether oxygens (including phenoxy) is 3. The molecule has 8 heteroatoms. The highest BCUT2D eigenvalue weighted by atomic mass is 31.2. The molecule has 0 radical (unpaired) electrons. The molecule has 7 nitrogen and oxygen atoms in total. The van der Waals surface area contributed by atoms with Crippen LogP contribution in [0, 0.1) is 36.1 Å². The highest BCUT2D eigenvalue weighted by Gasteiger charge is 2.28. The second-order valence-electron chi connectivity index (χ2n) is 2.68. The fraction of sp³-hybridized carbons (Fsp3) is 0.500. The van der Waals surface area contributed by atoms with Crippen LogP contribution in [0.1, 0.15) is 20.8 Å². The van der Waals surface area contributed by atoms with Crippen LogP contribution >= 0.6 is 7.82 Å². The summed E-state index contributed by atoms with van der Waals surface area (Å²) in [5.41, 5.74) is 0. The average molecular weight is 302 g/mol. The van der Waals surface area contributed by atoms with Crippen molar-refractivity contribution in [2.45, 2.75) is 20.8 Å². The Balaban J connectivity index is 4.28. The van der Waals surface area contributed by atoms with Crippen LogP contribution < -0.4 is 0 Å². The van der Waals surface area contributed by atoms with E-state index in [-0.39, 0.29) is 0 Å². The zero-order chi connectivity index (χ0) is 15.1. The average Bonchev–Trinajstić information content (AvgIpc) is 2.45. The summed E-state index contributed by atoms with van der Waals surface area (Å²) in [4.78, 5) is 0. The van der Waals surface area contributed by atoms with Crippen molar-refractivity contribution in [3.63, 3.8) is 0 Å². The van der Waals surface area contributed by atoms with Gasteiger partial charge >= 0.3 is 7.82 Å². The lowest BCUT2D eigenvalue weighted by atomic mass is 10.8. The zero-order valence-corrected chi connectivity index (χ0v) is 12.3. The Morgan fingerprint density at radius 1 is 0.700 bits per heavy atom. The van der Waals surface area contributed by atoms with Crippen LogP contribution in [0.5, 0.6) is 0 Å². The van der Waals surface area contributed by atoms with Crippen molar-refractivity contribution in [2.24, 2.45) is 0 Å². The van der Waals surface area contributed by atoms with Gasteiger partial charge in [0.2, 0.25) is 20.4 Å². The Kier molecular flexibility index (Phi) is 11.1. The van der Waals surface area contributed by atoms with Crippen LogP contribution in [0.25, 0.3) is 0 Å². The molecule has 0 amide bonds. The first-order valence-electron chi connectivity index (χ1n) is 5.32. The smallest absolute Gasteiger partial charge is 0.417 e. The molecule has 0 spiro atoms. The van der Waals surface area contributed by atoms with Crippen LogP contribution in [0.15, 0.2) is 0 Å². The highest BCUT2D eigenvalue weighted by molar-refractivity contribution is 7.48. The molecule has 0 bridgehead atoms. The molecule has 110 valence electrons. The van der Waals surface area contributed by atoms with E-state index in [1.807, 2.05) is 0 Å². The minimum atomic E-state index is -3.92. The van der Waals surface area contributed by atoms with Crippen LogP contribution in [0.4, 0.5) is 0 Å². The molecule has 0 saturated carbocycles. The number of phosphoric ester groups is 1. The molecule has 0 aliphatic rings. The minimum absolute atomic E-state index is 0.406. The molecule has 0 unspecified atom stereocenters. The third kappa shape index (κ3) is 10.1. The van der Waals surface area contributed by atoms with Crippen molar-refractivity contribution < 1.29 is 32.3 Å². The van der Waals surface area contributed by atoms with E-state index < -0.39 is 28.2 Å². The molecule has 0 saturated heterocycles. The summed E-state index contributed by atoms with van der Waals surface area (Å²) < 4.78 is 40.6. The third-order valence-corrected chi connectivity index (χ3v) is 2.60. The molecular formula is C12H15O7P. The summed E-state index contributed by atoms with van der Waals surface area (Å²) in [5.74, 6) is 7.39. The molecule has 0 aromatic heterocycles. The van der Waals surface area contributed by atoms with E-state index >= 15 is 0 Å². The van der Waals surface area contributed by atoms with Crippen LogP contribution in [-0.2, 0) is 32.3 Å². The van der Waals surface area contributed by atoms with Gasteiger partial charge in [-0.3, -0.25) is 0 Å². The Hall–Kier alpha value is -1.81. The first kappa shape index (κ1) is 18.2. The van der Waals surface area contributed by atoms with E-state index in [1.165, 1.54) is 0 Å². The Morgan fingerprint density at radius 2 is 1.00 bits per heavy atom. The maximum atomic E-state index is 12.1. The number of rotatable bonds is 9. The molecule has 0 aromatic carbocycles. The molecule has 20 heavy (non-hydrogen) atoms. The Bertz CT molecular complexity index is 412. The molecule has 0 aromatic rings. The van der Waals surface area contributed by atoms with Crippen LogP contribution in [0.2, 0.25) is 0 Å². The summed E-state index contributed by atoms with van der Waals surface area (Å²) >= 11 is 0. The standard InChI is InChI=1S/C12H15O7P/c1-4-7-14-10-17-20(13,18-11-15-8-5-2)19-12-16-9-6-3/h10-12H2,1-3H3. The number of hydrogen-bond donors (Lipinski definition) is 0. The molecule has 0 atom stereocenters. The zero-order valence-electron chi connectivity index (χ0n) is 11.4. The van der Waals surface area contributed by atoms with E-state index in [2.05, 4.69) is 50.3 Å². The lowest BCUT2D eigenvalue weighted by Crippen LogP contribution is -2.06. The lowest BCUT2D eigenvalue weighted by Gasteiger charge is -2.15. The van der Waals surface area contributed by atoms with E-state index in [0.29, 0.717) is 0 Å². The van der Waals surface area contributed by atoms with Crippen LogP contribution in [-0.4, -0.2) is 20.4 Å². The summed E-state index contributed by atoms with van der Waals surface area (Å²) in [6.07, 6.45) is 6.78. The normalized spacial score (nSPS) is 8.95. The van der Waals surface area contributed by atoms with Gasteiger partial charge in [0.1, 0.15) is 18.3 Å². The van der Waals surface area contributed by atoms with Gasteiger partial charge in [-0.2, -0.15) is 0 Å². The van der Waals surface area contributed by atoms with E-state index in [0.717, 1.165) is 0 Å². The van der Waals surface area contributed by atoms with Crippen molar-refractivity contribution in [1.82, 2.24) is 0 Å². The lowest BCUT2D eigenvalue weighted by molar-refractivity contribution is -0.0212.